The predicted octanol–water partition coefficient (Wildman–Crippen LogP) is 3.41. The SMILES string of the molecule is Cc1c(-c2nc(C(F)(F)F)no2)c(N2CCCCC2)n2ncnc2c1C. The van der Waals surface area contributed by atoms with Crippen molar-refractivity contribution >= 4 is 11.5 Å². The van der Waals surface area contributed by atoms with Crippen molar-refractivity contribution in [2.75, 3.05) is 18.0 Å². The van der Waals surface area contributed by atoms with Gasteiger partial charge in [-0.05, 0) is 44.2 Å². The van der Waals surface area contributed by atoms with Crippen molar-refractivity contribution in [3.05, 3.63) is 23.3 Å². The molecular formula is C16H17F3N6O. The molecule has 0 spiro atoms. The molecule has 1 fully saturated rings. The van der Waals surface area contributed by atoms with E-state index in [0.717, 1.165) is 43.5 Å². The van der Waals surface area contributed by atoms with Gasteiger partial charge in [0.1, 0.15) is 12.1 Å². The molecule has 0 saturated carbocycles. The summed E-state index contributed by atoms with van der Waals surface area (Å²) in [5.41, 5.74) is 2.71. The van der Waals surface area contributed by atoms with Crippen molar-refractivity contribution < 1.29 is 17.7 Å². The highest BCUT2D eigenvalue weighted by molar-refractivity contribution is 5.79. The number of anilines is 1. The van der Waals surface area contributed by atoms with Crippen LogP contribution >= 0.6 is 0 Å². The van der Waals surface area contributed by atoms with Crippen LogP contribution in [0.25, 0.3) is 17.1 Å². The Balaban J connectivity index is 1.98. The molecule has 0 atom stereocenters. The summed E-state index contributed by atoms with van der Waals surface area (Å²) in [7, 11) is 0. The fourth-order valence-electron chi connectivity index (χ4n) is 3.37. The molecule has 10 heteroatoms. The Bertz CT molecular complexity index is 955. The predicted molar refractivity (Wildman–Crippen MR) is 86.8 cm³/mol. The summed E-state index contributed by atoms with van der Waals surface area (Å²) in [6, 6.07) is 0. The third kappa shape index (κ3) is 2.60. The molecule has 0 bridgehead atoms. The first kappa shape index (κ1) is 16.8. The van der Waals surface area contributed by atoms with E-state index < -0.39 is 12.0 Å². The van der Waals surface area contributed by atoms with Gasteiger partial charge in [-0.25, -0.2) is 4.98 Å². The van der Waals surface area contributed by atoms with Gasteiger partial charge in [0.05, 0.1) is 5.56 Å². The maximum atomic E-state index is 12.9. The molecule has 0 radical (unpaired) electrons. The van der Waals surface area contributed by atoms with Crippen molar-refractivity contribution in [2.45, 2.75) is 39.3 Å². The molecule has 4 heterocycles. The summed E-state index contributed by atoms with van der Waals surface area (Å²) in [6.07, 6.45) is -0.0996. The Morgan fingerprint density at radius 3 is 2.46 bits per heavy atom. The zero-order valence-electron chi connectivity index (χ0n) is 14.3. The lowest BCUT2D eigenvalue weighted by Crippen LogP contribution is -2.32. The topological polar surface area (TPSA) is 72.4 Å². The second-order valence-electron chi connectivity index (χ2n) is 6.41. The highest BCUT2D eigenvalue weighted by atomic mass is 19.4. The Morgan fingerprint density at radius 1 is 1.08 bits per heavy atom. The van der Waals surface area contributed by atoms with Gasteiger partial charge in [0, 0.05) is 13.1 Å². The summed E-state index contributed by atoms with van der Waals surface area (Å²) in [5, 5.41) is 7.40. The van der Waals surface area contributed by atoms with E-state index in [1.165, 1.54) is 6.33 Å². The minimum absolute atomic E-state index is 0.157. The van der Waals surface area contributed by atoms with Crippen molar-refractivity contribution in [1.82, 2.24) is 24.7 Å². The van der Waals surface area contributed by atoms with E-state index in [1.807, 2.05) is 13.8 Å². The van der Waals surface area contributed by atoms with Crippen LogP contribution in [-0.2, 0) is 6.18 Å². The highest BCUT2D eigenvalue weighted by Crippen LogP contribution is 2.38. The zero-order valence-corrected chi connectivity index (χ0v) is 14.3. The molecule has 7 nitrogen and oxygen atoms in total. The molecule has 1 aliphatic heterocycles. The smallest absolute Gasteiger partial charge is 0.356 e. The van der Waals surface area contributed by atoms with Gasteiger partial charge in [-0.2, -0.15) is 27.8 Å². The molecule has 0 aliphatic carbocycles. The number of aryl methyl sites for hydroxylation is 1. The third-order valence-corrected chi connectivity index (χ3v) is 4.79. The van der Waals surface area contributed by atoms with Gasteiger partial charge in [-0.1, -0.05) is 5.16 Å². The second-order valence-corrected chi connectivity index (χ2v) is 6.41. The quantitative estimate of drug-likeness (QED) is 0.692. The zero-order chi connectivity index (χ0) is 18.5. The molecule has 3 aromatic rings. The lowest BCUT2D eigenvalue weighted by atomic mass is 10.0. The van der Waals surface area contributed by atoms with Crippen molar-refractivity contribution in [3.63, 3.8) is 0 Å². The Morgan fingerprint density at radius 2 is 1.81 bits per heavy atom. The van der Waals surface area contributed by atoms with Crippen LogP contribution in [0.15, 0.2) is 10.9 Å². The monoisotopic (exact) mass is 366 g/mol. The Hall–Kier alpha value is -2.65. The molecule has 26 heavy (non-hydrogen) atoms. The van der Waals surface area contributed by atoms with Gasteiger partial charge in [0.15, 0.2) is 5.65 Å². The third-order valence-electron chi connectivity index (χ3n) is 4.79. The van der Waals surface area contributed by atoms with Crippen LogP contribution in [0.4, 0.5) is 19.0 Å². The van der Waals surface area contributed by atoms with Crippen LogP contribution in [-0.4, -0.2) is 37.8 Å². The van der Waals surface area contributed by atoms with Crippen LogP contribution in [0, 0.1) is 13.8 Å². The van der Waals surface area contributed by atoms with E-state index in [4.69, 9.17) is 4.52 Å². The normalized spacial score (nSPS) is 15.8. The molecule has 3 aromatic heterocycles. The number of aromatic nitrogens is 5. The number of pyridine rings is 1. The average Bonchev–Trinajstić information content (AvgIpc) is 3.27. The lowest BCUT2D eigenvalue weighted by molar-refractivity contribution is -0.146. The summed E-state index contributed by atoms with van der Waals surface area (Å²) in [6.45, 7) is 5.24. The largest absolute Gasteiger partial charge is 0.455 e. The fourth-order valence-corrected chi connectivity index (χ4v) is 3.37. The molecular weight excluding hydrogens is 349 g/mol. The lowest BCUT2D eigenvalue weighted by Gasteiger charge is -2.31. The molecule has 138 valence electrons. The average molecular weight is 366 g/mol. The summed E-state index contributed by atoms with van der Waals surface area (Å²) in [4.78, 5) is 10.0. The molecule has 0 unspecified atom stereocenters. The molecule has 0 aromatic carbocycles. The highest BCUT2D eigenvalue weighted by Gasteiger charge is 2.38. The van der Waals surface area contributed by atoms with Gasteiger partial charge < -0.3 is 9.42 Å². The van der Waals surface area contributed by atoms with Gasteiger partial charge >= 0.3 is 6.18 Å². The van der Waals surface area contributed by atoms with E-state index in [2.05, 4.69) is 25.1 Å². The van der Waals surface area contributed by atoms with Crippen molar-refractivity contribution in [1.29, 1.82) is 0 Å². The fraction of sp³-hybridized carbons (Fsp3) is 0.500. The van der Waals surface area contributed by atoms with E-state index in [9.17, 15) is 13.2 Å². The summed E-state index contributed by atoms with van der Waals surface area (Å²) < 4.78 is 45.5. The Kier molecular flexibility index (Phi) is 3.85. The Labute approximate surface area is 146 Å². The first-order chi connectivity index (χ1) is 12.4. The van der Waals surface area contributed by atoms with E-state index in [-0.39, 0.29) is 5.89 Å². The number of piperidine rings is 1. The maximum Gasteiger partial charge on any atom is 0.455 e. The van der Waals surface area contributed by atoms with E-state index in [0.29, 0.717) is 17.0 Å². The molecule has 4 rings (SSSR count). The van der Waals surface area contributed by atoms with E-state index in [1.54, 1.807) is 4.52 Å². The van der Waals surface area contributed by atoms with Crippen LogP contribution in [0.2, 0.25) is 0 Å². The van der Waals surface area contributed by atoms with Crippen LogP contribution in [0.5, 0.6) is 0 Å². The van der Waals surface area contributed by atoms with Gasteiger partial charge in [-0.3, -0.25) is 0 Å². The van der Waals surface area contributed by atoms with E-state index >= 15 is 0 Å². The van der Waals surface area contributed by atoms with Crippen molar-refractivity contribution in [3.8, 4) is 11.5 Å². The molecule has 1 aliphatic rings. The maximum absolute atomic E-state index is 12.9. The van der Waals surface area contributed by atoms with Crippen LogP contribution in [0.1, 0.15) is 36.2 Å². The van der Waals surface area contributed by atoms with Gasteiger partial charge in [0.2, 0.25) is 0 Å². The van der Waals surface area contributed by atoms with Gasteiger partial charge in [0.25, 0.3) is 11.7 Å². The minimum Gasteiger partial charge on any atom is -0.356 e. The molecule has 1 saturated heterocycles. The number of fused-ring (bicyclic) bond motifs is 1. The minimum atomic E-state index is -4.66. The number of hydrogen-bond donors (Lipinski definition) is 0. The first-order valence-corrected chi connectivity index (χ1v) is 8.37. The number of hydrogen-bond acceptors (Lipinski definition) is 6. The number of rotatable bonds is 2. The second kappa shape index (κ2) is 5.96. The first-order valence-electron chi connectivity index (χ1n) is 8.37. The van der Waals surface area contributed by atoms with Crippen molar-refractivity contribution in [2.24, 2.45) is 0 Å². The molecule has 0 amide bonds. The summed E-state index contributed by atoms with van der Waals surface area (Å²) in [5.74, 6) is -0.790. The number of halogens is 3. The summed E-state index contributed by atoms with van der Waals surface area (Å²) >= 11 is 0. The number of nitrogens with zero attached hydrogens (tertiary/aromatic N) is 6. The van der Waals surface area contributed by atoms with Crippen LogP contribution in [0.3, 0.4) is 0 Å². The van der Waals surface area contributed by atoms with Crippen LogP contribution < -0.4 is 4.90 Å². The molecule has 0 N–H and O–H groups in total. The number of alkyl halides is 3. The van der Waals surface area contributed by atoms with Gasteiger partial charge in [-0.15, -0.1) is 0 Å². The standard InChI is InChI=1S/C16H17F3N6O/c1-9-10(2)12-20-8-21-25(12)14(24-6-4-3-5-7-24)11(9)13-22-15(23-26-13)16(17,18)19/h8H,3-7H2,1-2H3.